The molecule has 1 amide bonds. The normalized spacial score (nSPS) is 10.2. The predicted molar refractivity (Wildman–Crippen MR) is 56.3 cm³/mol. The Bertz CT molecular complexity index is 303. The van der Waals surface area contributed by atoms with Crippen molar-refractivity contribution in [3.8, 4) is 0 Å². The minimum absolute atomic E-state index is 0.0338. The topological polar surface area (TPSA) is 55.1 Å². The third kappa shape index (κ3) is 3.06. The number of aryl methyl sites for hydroxylation is 2. The number of hydrogen-bond donors (Lipinski definition) is 2. The second kappa shape index (κ2) is 5.05. The van der Waals surface area contributed by atoms with Crippen molar-refractivity contribution in [3.63, 3.8) is 0 Å². The number of carbonyl (C=O) groups is 1. The van der Waals surface area contributed by atoms with Gasteiger partial charge in [0.2, 0.25) is 11.8 Å². The molecule has 0 bridgehead atoms. The quantitative estimate of drug-likeness (QED) is 0.741. The summed E-state index contributed by atoms with van der Waals surface area (Å²) in [4.78, 5) is 15.2. The summed E-state index contributed by atoms with van der Waals surface area (Å²) in [6, 6.07) is 0. The minimum atomic E-state index is -0.0338. The van der Waals surface area contributed by atoms with Crippen molar-refractivity contribution in [1.82, 2.24) is 10.3 Å². The SMILES string of the molecule is Cc1nc(CNC(=O)CCS)oc1C. The Morgan fingerprint density at radius 1 is 1.57 bits per heavy atom. The molecular formula is C9H14N2O2S. The van der Waals surface area contributed by atoms with Gasteiger partial charge in [-0.1, -0.05) is 0 Å². The fraction of sp³-hybridized carbons (Fsp3) is 0.556. The Labute approximate surface area is 88.5 Å². The van der Waals surface area contributed by atoms with Crippen molar-refractivity contribution in [2.24, 2.45) is 0 Å². The number of amides is 1. The Balaban J connectivity index is 2.42. The molecule has 0 fully saturated rings. The summed E-state index contributed by atoms with van der Waals surface area (Å²) in [7, 11) is 0. The summed E-state index contributed by atoms with van der Waals surface area (Å²) in [5.41, 5.74) is 0.864. The lowest BCUT2D eigenvalue weighted by atomic mass is 10.4. The highest BCUT2D eigenvalue weighted by Gasteiger charge is 2.06. The van der Waals surface area contributed by atoms with Crippen LogP contribution in [0.2, 0.25) is 0 Å². The fourth-order valence-corrected chi connectivity index (χ4v) is 1.18. The van der Waals surface area contributed by atoms with E-state index >= 15 is 0 Å². The van der Waals surface area contributed by atoms with Gasteiger partial charge < -0.3 is 9.73 Å². The van der Waals surface area contributed by atoms with E-state index in [1.807, 2.05) is 13.8 Å². The van der Waals surface area contributed by atoms with Crippen LogP contribution in [0.5, 0.6) is 0 Å². The van der Waals surface area contributed by atoms with Gasteiger partial charge in [0.1, 0.15) is 5.76 Å². The third-order valence-electron chi connectivity index (χ3n) is 1.85. The minimum Gasteiger partial charge on any atom is -0.444 e. The van der Waals surface area contributed by atoms with Crippen LogP contribution < -0.4 is 5.32 Å². The van der Waals surface area contributed by atoms with E-state index in [1.165, 1.54) is 0 Å². The van der Waals surface area contributed by atoms with Gasteiger partial charge in [0.15, 0.2) is 0 Å². The van der Waals surface area contributed by atoms with Crippen LogP contribution in [0.3, 0.4) is 0 Å². The molecule has 0 saturated carbocycles. The van der Waals surface area contributed by atoms with Crippen LogP contribution in [0.1, 0.15) is 23.8 Å². The number of nitrogens with one attached hydrogen (secondary N) is 1. The summed E-state index contributed by atoms with van der Waals surface area (Å²) >= 11 is 3.96. The second-order valence-electron chi connectivity index (χ2n) is 3.00. The van der Waals surface area contributed by atoms with Gasteiger partial charge in [0.05, 0.1) is 12.2 Å². The molecule has 1 aromatic rings. The first kappa shape index (κ1) is 11.1. The number of oxazole rings is 1. The summed E-state index contributed by atoms with van der Waals surface area (Å²) in [6.45, 7) is 4.07. The van der Waals surface area contributed by atoms with Crippen molar-refractivity contribution >= 4 is 18.5 Å². The maximum atomic E-state index is 11.1. The van der Waals surface area contributed by atoms with E-state index in [1.54, 1.807) is 0 Å². The number of hydrogen-bond acceptors (Lipinski definition) is 4. The van der Waals surface area contributed by atoms with Gasteiger partial charge >= 0.3 is 0 Å². The lowest BCUT2D eigenvalue weighted by molar-refractivity contribution is -0.120. The highest BCUT2D eigenvalue weighted by molar-refractivity contribution is 7.80. The van der Waals surface area contributed by atoms with Crippen LogP contribution in [0.25, 0.3) is 0 Å². The van der Waals surface area contributed by atoms with E-state index in [9.17, 15) is 4.79 Å². The largest absolute Gasteiger partial charge is 0.444 e. The first-order valence-corrected chi connectivity index (χ1v) is 5.07. The Morgan fingerprint density at radius 2 is 2.29 bits per heavy atom. The predicted octanol–water partition coefficient (Wildman–Crippen LogP) is 1.23. The van der Waals surface area contributed by atoms with E-state index in [0.717, 1.165) is 11.5 Å². The molecule has 0 aromatic carbocycles. The van der Waals surface area contributed by atoms with Gasteiger partial charge in [0.25, 0.3) is 0 Å². The van der Waals surface area contributed by atoms with Gasteiger partial charge in [-0.25, -0.2) is 4.98 Å². The summed E-state index contributed by atoms with van der Waals surface area (Å²) in [5, 5.41) is 2.70. The monoisotopic (exact) mass is 214 g/mol. The van der Waals surface area contributed by atoms with E-state index < -0.39 is 0 Å². The van der Waals surface area contributed by atoms with Gasteiger partial charge in [0, 0.05) is 6.42 Å². The number of rotatable bonds is 4. The molecule has 1 N–H and O–H groups in total. The van der Waals surface area contributed by atoms with Crippen LogP contribution in [-0.4, -0.2) is 16.6 Å². The smallest absolute Gasteiger partial charge is 0.221 e. The lowest BCUT2D eigenvalue weighted by Gasteiger charge is -1.99. The van der Waals surface area contributed by atoms with E-state index in [-0.39, 0.29) is 5.91 Å². The van der Waals surface area contributed by atoms with Crippen LogP contribution in [0.15, 0.2) is 4.42 Å². The average molecular weight is 214 g/mol. The highest BCUT2D eigenvalue weighted by Crippen LogP contribution is 2.07. The molecule has 78 valence electrons. The third-order valence-corrected chi connectivity index (χ3v) is 2.07. The Kier molecular flexibility index (Phi) is 4.00. The first-order valence-electron chi connectivity index (χ1n) is 4.44. The van der Waals surface area contributed by atoms with E-state index in [4.69, 9.17) is 4.42 Å². The van der Waals surface area contributed by atoms with Gasteiger partial charge in [-0.15, -0.1) is 0 Å². The van der Waals surface area contributed by atoms with Crippen molar-refractivity contribution in [2.45, 2.75) is 26.8 Å². The van der Waals surface area contributed by atoms with Crippen LogP contribution >= 0.6 is 12.6 Å². The number of carbonyl (C=O) groups excluding carboxylic acids is 1. The zero-order chi connectivity index (χ0) is 10.6. The number of thiol groups is 1. The van der Waals surface area contributed by atoms with Crippen LogP contribution in [-0.2, 0) is 11.3 Å². The Morgan fingerprint density at radius 3 is 2.79 bits per heavy atom. The summed E-state index contributed by atoms with van der Waals surface area (Å²) < 4.78 is 5.30. The standard InChI is InChI=1S/C9H14N2O2S/c1-6-7(2)13-9(11-6)5-10-8(12)3-4-14/h14H,3-5H2,1-2H3,(H,10,12). The first-order chi connectivity index (χ1) is 6.63. The molecule has 0 spiro atoms. The van der Waals surface area contributed by atoms with Gasteiger partial charge in [-0.2, -0.15) is 12.6 Å². The molecule has 1 rings (SSSR count). The molecule has 0 aliphatic carbocycles. The van der Waals surface area contributed by atoms with E-state index in [2.05, 4.69) is 22.9 Å². The maximum absolute atomic E-state index is 11.1. The van der Waals surface area contributed by atoms with Crippen molar-refractivity contribution in [3.05, 3.63) is 17.3 Å². The molecule has 4 nitrogen and oxygen atoms in total. The molecule has 1 heterocycles. The zero-order valence-corrected chi connectivity index (χ0v) is 9.23. The summed E-state index contributed by atoms with van der Waals surface area (Å²) in [5.74, 6) is 1.86. The van der Waals surface area contributed by atoms with Crippen molar-refractivity contribution in [2.75, 3.05) is 5.75 Å². The molecule has 0 saturated heterocycles. The number of aromatic nitrogens is 1. The highest BCUT2D eigenvalue weighted by atomic mass is 32.1. The van der Waals surface area contributed by atoms with Crippen LogP contribution in [0, 0.1) is 13.8 Å². The molecule has 14 heavy (non-hydrogen) atoms. The average Bonchev–Trinajstić information content (AvgIpc) is 2.44. The van der Waals surface area contributed by atoms with Gasteiger partial charge in [-0.05, 0) is 19.6 Å². The van der Waals surface area contributed by atoms with Crippen LogP contribution in [0.4, 0.5) is 0 Å². The summed E-state index contributed by atoms with van der Waals surface area (Å²) in [6.07, 6.45) is 0.418. The molecular weight excluding hydrogens is 200 g/mol. The number of nitrogens with zero attached hydrogens (tertiary/aromatic N) is 1. The zero-order valence-electron chi connectivity index (χ0n) is 8.33. The van der Waals surface area contributed by atoms with Crippen molar-refractivity contribution < 1.29 is 9.21 Å². The fourth-order valence-electron chi connectivity index (χ4n) is 0.979. The molecule has 5 heteroatoms. The Hall–Kier alpha value is -0.970. The van der Waals surface area contributed by atoms with E-state index in [0.29, 0.717) is 24.6 Å². The van der Waals surface area contributed by atoms with Gasteiger partial charge in [-0.3, -0.25) is 4.79 Å². The molecule has 0 unspecified atom stereocenters. The van der Waals surface area contributed by atoms with Crippen molar-refractivity contribution in [1.29, 1.82) is 0 Å². The second-order valence-corrected chi connectivity index (χ2v) is 3.45. The lowest BCUT2D eigenvalue weighted by Crippen LogP contribution is -2.22. The molecule has 1 aromatic heterocycles. The molecule has 0 radical (unpaired) electrons. The molecule has 0 atom stereocenters. The molecule has 0 aliphatic heterocycles. The maximum Gasteiger partial charge on any atom is 0.221 e. The molecule has 0 aliphatic rings.